The van der Waals surface area contributed by atoms with Crippen molar-refractivity contribution < 1.29 is 29.0 Å². The molecule has 0 aromatic carbocycles. The largest absolute Gasteiger partial charge is 0.472 e. The summed E-state index contributed by atoms with van der Waals surface area (Å²) >= 11 is 0. The third-order valence-electron chi connectivity index (χ3n) is 7.62. The van der Waals surface area contributed by atoms with E-state index in [4.69, 9.17) is 9.15 Å². The van der Waals surface area contributed by atoms with E-state index < -0.39 is 22.3 Å². The molecule has 0 radical (unpaired) electrons. The van der Waals surface area contributed by atoms with Crippen molar-refractivity contribution in [1.82, 2.24) is 0 Å². The minimum Gasteiger partial charge on any atom is -0.472 e. The molecular formula is C21H30O6. The lowest BCUT2D eigenvalue weighted by Crippen LogP contribution is -2.51. The van der Waals surface area contributed by atoms with Gasteiger partial charge in [-0.3, -0.25) is 9.59 Å². The van der Waals surface area contributed by atoms with Gasteiger partial charge in [-0.2, -0.15) is 0 Å². The Balaban J connectivity index is 2.05. The summed E-state index contributed by atoms with van der Waals surface area (Å²) in [5.41, 5.74) is -1.69. The van der Waals surface area contributed by atoms with Crippen molar-refractivity contribution in [2.75, 3.05) is 13.7 Å². The van der Waals surface area contributed by atoms with Gasteiger partial charge in [-0.05, 0) is 37.2 Å². The summed E-state index contributed by atoms with van der Waals surface area (Å²) in [5, 5.41) is 21.5. The number of hydrogen-bond donors (Lipinski definition) is 2. The number of esters is 1. The van der Waals surface area contributed by atoms with Gasteiger partial charge in [-0.1, -0.05) is 20.3 Å². The van der Waals surface area contributed by atoms with Crippen LogP contribution in [0.4, 0.5) is 0 Å². The van der Waals surface area contributed by atoms with Crippen LogP contribution >= 0.6 is 0 Å². The molecular weight excluding hydrogens is 348 g/mol. The van der Waals surface area contributed by atoms with Gasteiger partial charge in [0.1, 0.15) is 6.26 Å². The van der Waals surface area contributed by atoms with E-state index in [1.165, 1.54) is 19.6 Å². The van der Waals surface area contributed by atoms with E-state index in [0.29, 0.717) is 12.0 Å². The molecule has 2 fully saturated rings. The van der Waals surface area contributed by atoms with Crippen molar-refractivity contribution in [2.24, 2.45) is 28.1 Å². The maximum Gasteiger partial charge on any atom is 0.311 e. The summed E-state index contributed by atoms with van der Waals surface area (Å²) in [6, 6.07) is 1.63. The summed E-state index contributed by atoms with van der Waals surface area (Å²) in [6.45, 7) is 5.48. The zero-order valence-corrected chi connectivity index (χ0v) is 16.5. The molecule has 0 spiro atoms. The van der Waals surface area contributed by atoms with Crippen LogP contribution in [-0.4, -0.2) is 41.8 Å². The highest BCUT2D eigenvalue weighted by atomic mass is 16.5. The number of ether oxygens (including phenoxy) is 1. The number of ketones is 1. The molecule has 0 bridgehead atoms. The van der Waals surface area contributed by atoms with Crippen LogP contribution in [-0.2, 0) is 9.53 Å². The lowest BCUT2D eigenvalue weighted by molar-refractivity contribution is -0.168. The molecule has 150 valence electrons. The van der Waals surface area contributed by atoms with Gasteiger partial charge in [0.15, 0.2) is 5.78 Å². The molecule has 1 heterocycles. The van der Waals surface area contributed by atoms with Gasteiger partial charge in [-0.15, -0.1) is 0 Å². The van der Waals surface area contributed by atoms with Crippen LogP contribution in [0, 0.1) is 28.1 Å². The van der Waals surface area contributed by atoms with E-state index in [1.54, 1.807) is 6.07 Å². The van der Waals surface area contributed by atoms with Gasteiger partial charge in [0, 0.05) is 17.8 Å². The summed E-state index contributed by atoms with van der Waals surface area (Å²) in [6.07, 6.45) is 4.39. The highest BCUT2D eigenvalue weighted by Crippen LogP contribution is 2.68. The second-order valence-corrected chi connectivity index (χ2v) is 9.05. The first-order valence-electron chi connectivity index (χ1n) is 9.58. The van der Waals surface area contributed by atoms with Gasteiger partial charge in [-0.25, -0.2) is 0 Å². The minimum atomic E-state index is -0.904. The van der Waals surface area contributed by atoms with Crippen molar-refractivity contribution in [3.05, 3.63) is 24.2 Å². The van der Waals surface area contributed by atoms with E-state index in [1.807, 2.05) is 13.8 Å². The molecule has 1 aromatic heterocycles. The summed E-state index contributed by atoms with van der Waals surface area (Å²) in [4.78, 5) is 25.5. The highest BCUT2D eigenvalue weighted by molar-refractivity contribution is 5.96. The van der Waals surface area contributed by atoms with Gasteiger partial charge in [0.2, 0.25) is 0 Å². The molecule has 0 unspecified atom stereocenters. The Labute approximate surface area is 159 Å². The second-order valence-electron chi connectivity index (χ2n) is 9.05. The monoisotopic (exact) mass is 378 g/mol. The Morgan fingerprint density at radius 3 is 2.56 bits per heavy atom. The number of rotatable bonds is 5. The smallest absolute Gasteiger partial charge is 0.311 e. The maximum absolute atomic E-state index is 12.8. The highest BCUT2D eigenvalue weighted by Gasteiger charge is 2.70. The van der Waals surface area contributed by atoms with E-state index in [0.717, 1.165) is 12.8 Å². The van der Waals surface area contributed by atoms with Gasteiger partial charge >= 0.3 is 5.97 Å². The van der Waals surface area contributed by atoms with E-state index in [9.17, 15) is 19.8 Å². The van der Waals surface area contributed by atoms with Crippen LogP contribution in [0.25, 0.3) is 0 Å². The molecule has 2 aliphatic carbocycles. The number of aliphatic hydroxyl groups is 2. The molecule has 6 heteroatoms. The first-order chi connectivity index (χ1) is 12.6. The van der Waals surface area contributed by atoms with Gasteiger partial charge < -0.3 is 19.4 Å². The lowest BCUT2D eigenvalue weighted by Gasteiger charge is -2.49. The molecule has 6 nitrogen and oxygen atoms in total. The molecule has 1 aromatic rings. The van der Waals surface area contributed by atoms with Crippen molar-refractivity contribution >= 4 is 11.8 Å². The van der Waals surface area contributed by atoms with Crippen LogP contribution in [0.1, 0.15) is 56.8 Å². The average molecular weight is 378 g/mol. The normalized spacial score (nSPS) is 41.2. The predicted molar refractivity (Wildman–Crippen MR) is 97.9 cm³/mol. The summed E-state index contributed by atoms with van der Waals surface area (Å²) in [5.74, 6) is -1.06. The lowest BCUT2D eigenvalue weighted by atomic mass is 9.54. The standard InChI is InChI=1S/C21H30O6/c1-19-7-5-8-20(2,18(25)26-4)16(19)17(24)21(3,12-22)15(19)10-14(23)13-6-9-27-11-13/h6,9,11,15-17,22,24H,5,7-8,10,12H2,1-4H3/t15-,16-,17+,19-,20+,21+/m1/s1. The number of methoxy groups -OCH3 is 1. The van der Waals surface area contributed by atoms with Crippen LogP contribution in [0.3, 0.4) is 0 Å². The zero-order valence-electron chi connectivity index (χ0n) is 16.5. The van der Waals surface area contributed by atoms with Crippen molar-refractivity contribution in [1.29, 1.82) is 0 Å². The average Bonchev–Trinajstić information content (AvgIpc) is 3.23. The summed E-state index contributed by atoms with van der Waals surface area (Å²) in [7, 11) is 1.37. The minimum absolute atomic E-state index is 0.0761. The molecule has 27 heavy (non-hydrogen) atoms. The third-order valence-corrected chi connectivity index (χ3v) is 7.62. The van der Waals surface area contributed by atoms with Crippen LogP contribution in [0.2, 0.25) is 0 Å². The molecule has 0 saturated heterocycles. The SMILES string of the molecule is COC(=O)[C@@]1(C)CCC[C@]2(C)[C@@H](CC(=O)c3ccoc3)[C@](C)(CO)[C@@H](O)[C@H]21. The number of fused-ring (bicyclic) bond motifs is 1. The predicted octanol–water partition coefficient (Wildman–Crippen LogP) is 2.83. The Kier molecular flexibility index (Phi) is 5.02. The van der Waals surface area contributed by atoms with Crippen LogP contribution < -0.4 is 0 Å². The topological polar surface area (TPSA) is 97.0 Å². The number of aliphatic hydroxyl groups excluding tert-OH is 2. The molecule has 0 amide bonds. The van der Waals surface area contributed by atoms with Crippen molar-refractivity contribution in [2.45, 2.75) is 52.6 Å². The molecule has 3 rings (SSSR count). The Bertz CT molecular complexity index is 712. The van der Waals surface area contributed by atoms with Crippen molar-refractivity contribution in [3.63, 3.8) is 0 Å². The third kappa shape index (κ3) is 2.76. The fourth-order valence-corrected chi connectivity index (χ4v) is 6.17. The summed E-state index contributed by atoms with van der Waals surface area (Å²) < 4.78 is 10.1. The number of Topliss-reactive ketones (excluding diaryl/α,β-unsaturated/α-hetero) is 1. The number of hydrogen-bond acceptors (Lipinski definition) is 6. The van der Waals surface area contributed by atoms with E-state index in [2.05, 4.69) is 6.92 Å². The first kappa shape index (κ1) is 20.1. The Morgan fingerprint density at radius 2 is 2.00 bits per heavy atom. The number of carbonyl (C=O) groups is 2. The molecule has 0 aliphatic heterocycles. The van der Waals surface area contributed by atoms with Gasteiger partial charge in [0.25, 0.3) is 0 Å². The molecule has 2 saturated carbocycles. The van der Waals surface area contributed by atoms with E-state index >= 15 is 0 Å². The quantitative estimate of drug-likeness (QED) is 0.604. The van der Waals surface area contributed by atoms with Gasteiger partial charge in [0.05, 0.1) is 37.1 Å². The number of furan rings is 1. The number of carbonyl (C=O) groups excluding carboxylic acids is 2. The second kappa shape index (κ2) is 6.74. The van der Waals surface area contributed by atoms with E-state index in [-0.39, 0.29) is 36.6 Å². The zero-order chi connectivity index (χ0) is 20.0. The molecule has 6 atom stereocenters. The molecule has 2 N–H and O–H groups in total. The Morgan fingerprint density at radius 1 is 1.30 bits per heavy atom. The van der Waals surface area contributed by atoms with Crippen molar-refractivity contribution in [3.8, 4) is 0 Å². The van der Waals surface area contributed by atoms with Crippen LogP contribution in [0.5, 0.6) is 0 Å². The molecule has 2 aliphatic rings. The Hall–Kier alpha value is -1.66. The van der Waals surface area contributed by atoms with Crippen LogP contribution in [0.15, 0.2) is 23.0 Å². The fraction of sp³-hybridized carbons (Fsp3) is 0.714. The first-order valence-corrected chi connectivity index (χ1v) is 9.58. The fourth-order valence-electron chi connectivity index (χ4n) is 6.17. The maximum atomic E-state index is 12.8.